The van der Waals surface area contributed by atoms with Crippen molar-refractivity contribution in [2.75, 3.05) is 13.2 Å². The molecule has 1 amide bonds. The molecular formula is C15H17BrFNO3. The summed E-state index contributed by atoms with van der Waals surface area (Å²) in [6, 6.07) is 4.18. The Bertz CT molecular complexity index is 536. The minimum atomic E-state index is -0.419. The molecule has 0 atom stereocenters. The molecule has 1 aliphatic heterocycles. The number of ether oxygens (including phenoxy) is 2. The van der Waals surface area contributed by atoms with Gasteiger partial charge < -0.3 is 14.8 Å². The molecular weight excluding hydrogens is 341 g/mol. The number of carbonyl (C=O) groups is 1. The first kappa shape index (κ1) is 14.9. The van der Waals surface area contributed by atoms with Crippen molar-refractivity contribution in [1.29, 1.82) is 0 Å². The van der Waals surface area contributed by atoms with Crippen molar-refractivity contribution in [3.8, 4) is 0 Å². The van der Waals surface area contributed by atoms with Crippen LogP contribution in [0.4, 0.5) is 4.39 Å². The number of rotatable bonds is 2. The summed E-state index contributed by atoms with van der Waals surface area (Å²) in [6.07, 6.45) is 3.24. The summed E-state index contributed by atoms with van der Waals surface area (Å²) in [5, 5.41) is 3.00. The van der Waals surface area contributed by atoms with Crippen molar-refractivity contribution in [3.63, 3.8) is 0 Å². The smallest absolute Gasteiger partial charge is 0.252 e. The van der Waals surface area contributed by atoms with Crippen molar-refractivity contribution in [2.24, 2.45) is 0 Å². The highest BCUT2D eigenvalue weighted by Gasteiger charge is 2.40. The Morgan fingerprint density at radius 3 is 2.57 bits per heavy atom. The molecule has 4 nitrogen and oxygen atoms in total. The van der Waals surface area contributed by atoms with Gasteiger partial charge in [0.25, 0.3) is 5.91 Å². The summed E-state index contributed by atoms with van der Waals surface area (Å²) >= 11 is 3.22. The molecule has 1 saturated carbocycles. The van der Waals surface area contributed by atoms with Crippen LogP contribution in [0.2, 0.25) is 0 Å². The lowest BCUT2D eigenvalue weighted by atomic mass is 9.90. The summed E-state index contributed by atoms with van der Waals surface area (Å²) in [7, 11) is 0. The molecule has 2 aliphatic rings. The van der Waals surface area contributed by atoms with Crippen molar-refractivity contribution >= 4 is 21.8 Å². The van der Waals surface area contributed by atoms with Gasteiger partial charge in [0.1, 0.15) is 5.82 Å². The first-order chi connectivity index (χ1) is 10.1. The molecule has 0 bridgehead atoms. The Kier molecular flexibility index (Phi) is 4.28. The SMILES string of the molecule is O=C(NC1CCC2(CC1)OCCO2)c1ccc(F)cc1Br. The fraction of sp³-hybridized carbons (Fsp3) is 0.533. The summed E-state index contributed by atoms with van der Waals surface area (Å²) in [4.78, 5) is 12.2. The summed E-state index contributed by atoms with van der Waals surface area (Å²) in [6.45, 7) is 1.30. The first-order valence-electron chi connectivity index (χ1n) is 7.12. The Balaban J connectivity index is 1.58. The molecule has 1 saturated heterocycles. The highest BCUT2D eigenvalue weighted by Crippen LogP contribution is 2.35. The average Bonchev–Trinajstić information content (AvgIpc) is 2.90. The van der Waals surface area contributed by atoms with Gasteiger partial charge >= 0.3 is 0 Å². The molecule has 1 aromatic rings. The molecule has 1 aliphatic carbocycles. The summed E-state index contributed by atoms with van der Waals surface area (Å²) in [5.74, 6) is -0.970. The van der Waals surface area contributed by atoms with Crippen LogP contribution in [0.25, 0.3) is 0 Å². The summed E-state index contributed by atoms with van der Waals surface area (Å²) < 4.78 is 24.9. The largest absolute Gasteiger partial charge is 0.349 e. The van der Waals surface area contributed by atoms with Crippen LogP contribution in [0.15, 0.2) is 22.7 Å². The fourth-order valence-electron chi connectivity index (χ4n) is 2.92. The molecule has 0 radical (unpaired) electrons. The van der Waals surface area contributed by atoms with Crippen molar-refractivity contribution in [1.82, 2.24) is 5.32 Å². The maximum atomic E-state index is 13.0. The summed E-state index contributed by atoms with van der Waals surface area (Å²) in [5.41, 5.74) is 0.449. The van der Waals surface area contributed by atoms with Gasteiger partial charge in [0.2, 0.25) is 0 Å². The molecule has 1 spiro atoms. The van der Waals surface area contributed by atoms with E-state index in [9.17, 15) is 9.18 Å². The third kappa shape index (κ3) is 3.27. The highest BCUT2D eigenvalue weighted by atomic mass is 79.9. The zero-order valence-electron chi connectivity index (χ0n) is 11.5. The number of benzene rings is 1. The van der Waals surface area contributed by atoms with E-state index in [1.54, 1.807) is 0 Å². The molecule has 21 heavy (non-hydrogen) atoms. The minimum absolute atomic E-state index is 0.105. The second-order valence-electron chi connectivity index (χ2n) is 5.48. The number of amides is 1. The molecule has 0 aromatic heterocycles. The standard InChI is InChI=1S/C15H17BrFNO3/c16-13-9-10(17)1-2-12(13)14(19)18-11-3-5-15(6-4-11)20-7-8-21-15/h1-2,9,11H,3-8H2,(H,18,19). The van der Waals surface area contributed by atoms with Gasteiger partial charge in [-0.2, -0.15) is 0 Å². The van der Waals surface area contributed by atoms with Crippen LogP contribution in [0.5, 0.6) is 0 Å². The second kappa shape index (κ2) is 6.02. The zero-order valence-corrected chi connectivity index (χ0v) is 13.1. The Morgan fingerprint density at radius 1 is 1.29 bits per heavy atom. The lowest BCUT2D eigenvalue weighted by molar-refractivity contribution is -0.179. The normalized spacial score (nSPS) is 21.6. The number of hydrogen-bond acceptors (Lipinski definition) is 3. The van der Waals surface area contributed by atoms with Crippen LogP contribution >= 0.6 is 15.9 Å². The highest BCUT2D eigenvalue weighted by molar-refractivity contribution is 9.10. The monoisotopic (exact) mass is 357 g/mol. The number of hydrogen-bond donors (Lipinski definition) is 1. The predicted molar refractivity (Wildman–Crippen MR) is 78.5 cm³/mol. The third-order valence-corrected chi connectivity index (χ3v) is 4.73. The van der Waals surface area contributed by atoms with Gasteiger partial charge in [-0.1, -0.05) is 0 Å². The van der Waals surface area contributed by atoms with Crippen LogP contribution < -0.4 is 5.32 Å². The molecule has 1 N–H and O–H groups in total. The van der Waals surface area contributed by atoms with E-state index in [0.29, 0.717) is 23.2 Å². The van der Waals surface area contributed by atoms with Crippen LogP contribution in [0, 0.1) is 5.82 Å². The molecule has 6 heteroatoms. The Morgan fingerprint density at radius 2 is 1.95 bits per heavy atom. The van der Waals surface area contributed by atoms with Gasteiger partial charge in [0.15, 0.2) is 5.79 Å². The Labute approximate surface area is 131 Å². The van der Waals surface area contributed by atoms with Crippen LogP contribution in [-0.4, -0.2) is 30.9 Å². The molecule has 114 valence electrons. The minimum Gasteiger partial charge on any atom is -0.349 e. The Hall–Kier alpha value is -0.980. The predicted octanol–water partition coefficient (Wildman–Crippen LogP) is 3.00. The van der Waals surface area contributed by atoms with Crippen LogP contribution in [0.3, 0.4) is 0 Å². The average molecular weight is 358 g/mol. The van der Waals surface area contributed by atoms with Crippen LogP contribution in [-0.2, 0) is 9.47 Å². The molecule has 0 unspecified atom stereocenters. The maximum absolute atomic E-state index is 13.0. The lowest BCUT2D eigenvalue weighted by Crippen LogP contribution is -2.44. The van der Waals surface area contributed by atoms with Crippen molar-refractivity contribution in [3.05, 3.63) is 34.1 Å². The van der Waals surface area contributed by atoms with Gasteiger partial charge in [0.05, 0.1) is 18.8 Å². The van der Waals surface area contributed by atoms with Crippen LogP contribution in [0.1, 0.15) is 36.0 Å². The molecule has 2 fully saturated rings. The third-order valence-electron chi connectivity index (χ3n) is 4.07. The van der Waals surface area contributed by atoms with Crippen molar-refractivity contribution in [2.45, 2.75) is 37.5 Å². The van der Waals surface area contributed by atoms with Gasteiger partial charge in [-0.15, -0.1) is 0 Å². The second-order valence-corrected chi connectivity index (χ2v) is 6.33. The number of halogens is 2. The van der Waals surface area contributed by atoms with E-state index in [-0.39, 0.29) is 17.8 Å². The zero-order chi connectivity index (χ0) is 14.9. The first-order valence-corrected chi connectivity index (χ1v) is 7.91. The van der Waals surface area contributed by atoms with E-state index in [0.717, 1.165) is 25.7 Å². The van der Waals surface area contributed by atoms with E-state index < -0.39 is 5.79 Å². The van der Waals surface area contributed by atoms with Crippen molar-refractivity contribution < 1.29 is 18.7 Å². The van der Waals surface area contributed by atoms with E-state index in [4.69, 9.17) is 9.47 Å². The van der Waals surface area contributed by atoms with E-state index in [2.05, 4.69) is 21.2 Å². The van der Waals surface area contributed by atoms with Gasteiger partial charge in [-0.05, 0) is 47.0 Å². The number of carbonyl (C=O) groups excluding carboxylic acids is 1. The van der Waals surface area contributed by atoms with E-state index >= 15 is 0 Å². The van der Waals surface area contributed by atoms with Gasteiger partial charge in [0, 0.05) is 23.4 Å². The van der Waals surface area contributed by atoms with E-state index in [1.165, 1.54) is 18.2 Å². The lowest BCUT2D eigenvalue weighted by Gasteiger charge is -2.35. The molecule has 1 aromatic carbocycles. The topological polar surface area (TPSA) is 47.6 Å². The maximum Gasteiger partial charge on any atom is 0.252 e. The molecule has 3 rings (SSSR count). The molecule has 1 heterocycles. The fourth-order valence-corrected chi connectivity index (χ4v) is 3.46. The quantitative estimate of drug-likeness (QED) is 0.884. The number of nitrogens with one attached hydrogen (secondary N) is 1. The van der Waals surface area contributed by atoms with Gasteiger partial charge in [-0.25, -0.2) is 4.39 Å². The van der Waals surface area contributed by atoms with E-state index in [1.807, 2.05) is 0 Å². The van der Waals surface area contributed by atoms with Gasteiger partial charge in [-0.3, -0.25) is 4.79 Å².